The number of benzene rings is 3. The molecule has 0 spiro atoms. The predicted molar refractivity (Wildman–Crippen MR) is 124 cm³/mol. The smallest absolute Gasteiger partial charge is 0.266 e. The molecule has 0 saturated carbocycles. The van der Waals surface area contributed by atoms with E-state index in [0.29, 0.717) is 38.1 Å². The summed E-state index contributed by atoms with van der Waals surface area (Å²) in [7, 11) is 0. The maximum absolute atomic E-state index is 12.4. The Morgan fingerprint density at radius 1 is 1.07 bits per heavy atom. The molecule has 0 radical (unpaired) electrons. The normalized spacial score (nSPS) is 10.9. The lowest BCUT2D eigenvalue weighted by Gasteiger charge is -2.09. The van der Waals surface area contributed by atoms with Gasteiger partial charge in [-0.05, 0) is 75.6 Å². The van der Waals surface area contributed by atoms with Gasteiger partial charge in [-0.1, -0.05) is 47.5 Å². The summed E-state index contributed by atoms with van der Waals surface area (Å²) < 4.78 is 6.53. The van der Waals surface area contributed by atoms with Crippen molar-refractivity contribution in [2.45, 2.75) is 6.61 Å². The summed E-state index contributed by atoms with van der Waals surface area (Å²) in [6.45, 7) is 0.385. The molecule has 0 saturated heterocycles. The third-order valence-electron chi connectivity index (χ3n) is 4.02. The van der Waals surface area contributed by atoms with Crippen LogP contribution < -0.4 is 10.1 Å². The van der Waals surface area contributed by atoms with Crippen molar-refractivity contribution in [1.82, 2.24) is 0 Å². The van der Waals surface area contributed by atoms with E-state index in [4.69, 9.17) is 27.9 Å². The second-order valence-corrected chi connectivity index (χ2v) is 7.97. The summed E-state index contributed by atoms with van der Waals surface area (Å²) in [6, 6.07) is 21.4. The van der Waals surface area contributed by atoms with Crippen molar-refractivity contribution >= 4 is 56.8 Å². The minimum Gasteiger partial charge on any atom is -0.488 e. The number of anilines is 1. The minimum atomic E-state index is -0.515. The number of carbonyl (C=O) groups is 1. The number of nitrogens with one attached hydrogen (secondary N) is 1. The van der Waals surface area contributed by atoms with Crippen LogP contribution in [0.4, 0.5) is 5.69 Å². The molecule has 30 heavy (non-hydrogen) atoms. The first-order valence-electron chi connectivity index (χ1n) is 8.80. The Hall–Kier alpha value is -2.78. The van der Waals surface area contributed by atoms with Crippen LogP contribution in [0.1, 0.15) is 11.1 Å². The van der Waals surface area contributed by atoms with Crippen LogP contribution in [0.2, 0.25) is 10.0 Å². The molecule has 1 amide bonds. The summed E-state index contributed by atoms with van der Waals surface area (Å²) in [5.41, 5.74) is 2.15. The number of carbonyl (C=O) groups excluding carboxylic acids is 1. The molecular weight excluding hydrogens is 487 g/mol. The van der Waals surface area contributed by atoms with Crippen molar-refractivity contribution in [3.63, 3.8) is 0 Å². The molecule has 150 valence electrons. The zero-order valence-corrected chi connectivity index (χ0v) is 18.6. The summed E-state index contributed by atoms with van der Waals surface area (Å²) in [5.74, 6) is 0.128. The summed E-state index contributed by atoms with van der Waals surface area (Å²) in [4.78, 5) is 12.4. The fraction of sp³-hybridized carbons (Fsp3) is 0.0435. The number of hydrogen-bond acceptors (Lipinski definition) is 3. The van der Waals surface area contributed by atoms with Crippen LogP contribution >= 0.6 is 39.1 Å². The minimum absolute atomic E-state index is 0.0308. The van der Waals surface area contributed by atoms with E-state index in [1.54, 1.807) is 54.6 Å². The SMILES string of the molecule is N#C/C(=C\c1ccc(OCc2ccc(Cl)cc2)c(Br)c1)C(=O)Nc1cccc(Cl)c1. The van der Waals surface area contributed by atoms with Gasteiger partial charge in [-0.2, -0.15) is 5.26 Å². The third-order valence-corrected chi connectivity index (χ3v) is 5.13. The average molecular weight is 502 g/mol. The van der Waals surface area contributed by atoms with Gasteiger partial charge in [0, 0.05) is 15.7 Å². The van der Waals surface area contributed by atoms with E-state index in [1.165, 1.54) is 6.08 Å². The van der Waals surface area contributed by atoms with Gasteiger partial charge in [0.25, 0.3) is 5.91 Å². The van der Waals surface area contributed by atoms with Gasteiger partial charge in [0.2, 0.25) is 0 Å². The molecule has 3 aromatic carbocycles. The molecule has 0 aliphatic rings. The van der Waals surface area contributed by atoms with E-state index in [2.05, 4.69) is 21.2 Å². The molecule has 7 heteroatoms. The van der Waals surface area contributed by atoms with Gasteiger partial charge in [0.1, 0.15) is 24.0 Å². The van der Waals surface area contributed by atoms with E-state index >= 15 is 0 Å². The number of ether oxygens (including phenoxy) is 1. The van der Waals surface area contributed by atoms with E-state index in [1.807, 2.05) is 18.2 Å². The quantitative estimate of drug-likeness (QED) is 0.295. The van der Waals surface area contributed by atoms with Gasteiger partial charge >= 0.3 is 0 Å². The van der Waals surface area contributed by atoms with Gasteiger partial charge < -0.3 is 10.1 Å². The van der Waals surface area contributed by atoms with Crippen molar-refractivity contribution in [2.24, 2.45) is 0 Å². The van der Waals surface area contributed by atoms with Crippen LogP contribution in [0, 0.1) is 11.3 Å². The van der Waals surface area contributed by atoms with Gasteiger partial charge in [-0.3, -0.25) is 4.79 Å². The number of nitrogens with zero attached hydrogens (tertiary/aromatic N) is 1. The summed E-state index contributed by atoms with van der Waals surface area (Å²) >= 11 is 15.3. The molecule has 0 aliphatic carbocycles. The Labute approximate surface area is 192 Å². The third kappa shape index (κ3) is 6.11. The molecule has 0 aliphatic heterocycles. The fourth-order valence-corrected chi connectivity index (χ4v) is 3.37. The largest absolute Gasteiger partial charge is 0.488 e. The molecule has 0 heterocycles. The van der Waals surface area contributed by atoms with Crippen LogP contribution in [-0.4, -0.2) is 5.91 Å². The highest BCUT2D eigenvalue weighted by atomic mass is 79.9. The van der Waals surface area contributed by atoms with E-state index < -0.39 is 5.91 Å². The molecule has 3 rings (SSSR count). The Kier molecular flexibility index (Phi) is 7.53. The van der Waals surface area contributed by atoms with Crippen molar-refractivity contribution in [2.75, 3.05) is 5.32 Å². The number of rotatable bonds is 6. The van der Waals surface area contributed by atoms with Crippen molar-refractivity contribution in [3.05, 3.63) is 97.9 Å². The first-order chi connectivity index (χ1) is 14.4. The van der Waals surface area contributed by atoms with Crippen molar-refractivity contribution < 1.29 is 9.53 Å². The van der Waals surface area contributed by atoms with Gasteiger partial charge in [0.05, 0.1) is 4.47 Å². The van der Waals surface area contributed by atoms with Crippen LogP contribution in [0.25, 0.3) is 6.08 Å². The summed E-state index contributed by atoms with van der Waals surface area (Å²) in [6.07, 6.45) is 1.51. The Balaban J connectivity index is 1.70. The highest BCUT2D eigenvalue weighted by Crippen LogP contribution is 2.28. The van der Waals surface area contributed by atoms with E-state index in [9.17, 15) is 10.1 Å². The topological polar surface area (TPSA) is 62.1 Å². The molecule has 0 aromatic heterocycles. The lowest BCUT2D eigenvalue weighted by molar-refractivity contribution is -0.112. The lowest BCUT2D eigenvalue weighted by Crippen LogP contribution is -2.13. The molecule has 4 nitrogen and oxygen atoms in total. The average Bonchev–Trinajstić information content (AvgIpc) is 2.72. The molecule has 0 bridgehead atoms. The molecule has 0 fully saturated rings. The van der Waals surface area contributed by atoms with Crippen LogP contribution in [0.15, 0.2) is 76.8 Å². The van der Waals surface area contributed by atoms with Crippen LogP contribution in [0.3, 0.4) is 0 Å². The fourth-order valence-electron chi connectivity index (χ4n) is 2.55. The molecule has 3 aromatic rings. The van der Waals surface area contributed by atoms with Gasteiger partial charge in [0.15, 0.2) is 0 Å². The number of halogens is 3. The highest BCUT2D eigenvalue weighted by molar-refractivity contribution is 9.10. The highest BCUT2D eigenvalue weighted by Gasteiger charge is 2.11. The molecule has 0 unspecified atom stereocenters. The number of nitriles is 1. The number of hydrogen-bond donors (Lipinski definition) is 1. The first kappa shape index (κ1) is 21.9. The lowest BCUT2D eigenvalue weighted by atomic mass is 10.1. The standard InChI is InChI=1S/C23H15BrCl2N2O2/c24-21-11-16(6-9-22(21)30-14-15-4-7-18(25)8-5-15)10-17(13-27)23(29)28-20-3-1-2-19(26)12-20/h1-12H,14H2,(H,28,29)/b17-10+. The second-order valence-electron chi connectivity index (χ2n) is 6.24. The van der Waals surface area contributed by atoms with Crippen molar-refractivity contribution in [3.8, 4) is 11.8 Å². The van der Waals surface area contributed by atoms with Gasteiger partial charge in [-0.25, -0.2) is 0 Å². The first-order valence-corrected chi connectivity index (χ1v) is 10.3. The van der Waals surface area contributed by atoms with Crippen LogP contribution in [-0.2, 0) is 11.4 Å². The van der Waals surface area contributed by atoms with Gasteiger partial charge in [-0.15, -0.1) is 0 Å². The molecular formula is C23H15BrCl2N2O2. The maximum atomic E-state index is 12.4. The zero-order valence-electron chi connectivity index (χ0n) is 15.5. The molecule has 1 N–H and O–H groups in total. The molecule has 0 atom stereocenters. The van der Waals surface area contributed by atoms with E-state index in [-0.39, 0.29) is 5.57 Å². The Bertz CT molecular complexity index is 1140. The monoisotopic (exact) mass is 500 g/mol. The Morgan fingerprint density at radius 2 is 1.83 bits per heavy atom. The van der Waals surface area contributed by atoms with E-state index in [0.717, 1.165) is 5.56 Å². The Morgan fingerprint density at radius 3 is 2.50 bits per heavy atom. The predicted octanol–water partition coefficient (Wildman–Crippen LogP) is 6.88. The second kappa shape index (κ2) is 10.3. The zero-order chi connectivity index (χ0) is 21.5. The van der Waals surface area contributed by atoms with Crippen LogP contribution in [0.5, 0.6) is 5.75 Å². The maximum Gasteiger partial charge on any atom is 0.266 e. The van der Waals surface area contributed by atoms with Crippen molar-refractivity contribution in [1.29, 1.82) is 5.26 Å². The summed E-state index contributed by atoms with van der Waals surface area (Å²) in [5, 5.41) is 13.2. The number of amides is 1.